The molecule has 0 aromatic rings. The maximum atomic E-state index is 12.0. The highest BCUT2D eigenvalue weighted by Gasteiger charge is 2.21. The Morgan fingerprint density at radius 2 is 2.26 bits per heavy atom. The summed E-state index contributed by atoms with van der Waals surface area (Å²) in [5.41, 5.74) is 0. The maximum Gasteiger partial charge on any atom is 0.317 e. The van der Waals surface area contributed by atoms with E-state index in [-0.39, 0.29) is 24.6 Å². The number of aliphatic carboxylic acids is 1. The van der Waals surface area contributed by atoms with Crippen molar-refractivity contribution in [3.8, 4) is 0 Å². The number of nitrogens with zero attached hydrogens (tertiary/aromatic N) is 1. The number of carboxylic acids is 1. The SMILES string of the molecule is CCN(C(=O)NCCC1CCCO1)C(C)CC(=O)O. The van der Waals surface area contributed by atoms with Crippen molar-refractivity contribution in [1.82, 2.24) is 10.2 Å². The number of amides is 2. The molecule has 1 heterocycles. The van der Waals surface area contributed by atoms with E-state index < -0.39 is 5.97 Å². The molecule has 2 atom stereocenters. The van der Waals surface area contributed by atoms with E-state index in [1.54, 1.807) is 11.8 Å². The summed E-state index contributed by atoms with van der Waals surface area (Å²) in [5, 5.41) is 11.6. The van der Waals surface area contributed by atoms with E-state index in [0.717, 1.165) is 25.9 Å². The van der Waals surface area contributed by atoms with Crippen molar-refractivity contribution >= 4 is 12.0 Å². The minimum atomic E-state index is -0.891. The summed E-state index contributed by atoms with van der Waals surface area (Å²) in [6.07, 6.45) is 3.19. The van der Waals surface area contributed by atoms with Crippen LogP contribution in [0.15, 0.2) is 0 Å². The molecule has 0 saturated carbocycles. The molecule has 1 saturated heterocycles. The van der Waals surface area contributed by atoms with Crippen molar-refractivity contribution in [3.63, 3.8) is 0 Å². The average Bonchev–Trinajstić information content (AvgIpc) is 2.82. The number of ether oxygens (including phenoxy) is 1. The number of carboxylic acid groups (broad SMARTS) is 1. The average molecular weight is 272 g/mol. The molecular formula is C13H24N2O4. The van der Waals surface area contributed by atoms with Crippen LogP contribution in [0.1, 0.15) is 39.5 Å². The molecule has 1 fully saturated rings. The van der Waals surface area contributed by atoms with Crippen molar-refractivity contribution in [2.45, 2.75) is 51.7 Å². The third-order valence-corrected chi connectivity index (χ3v) is 3.37. The van der Waals surface area contributed by atoms with Gasteiger partial charge in [-0.1, -0.05) is 0 Å². The summed E-state index contributed by atoms with van der Waals surface area (Å²) in [6.45, 7) is 5.48. The molecule has 2 unspecified atom stereocenters. The second kappa shape index (κ2) is 7.99. The van der Waals surface area contributed by atoms with E-state index in [2.05, 4.69) is 5.32 Å². The van der Waals surface area contributed by atoms with Crippen LogP contribution in [0.3, 0.4) is 0 Å². The van der Waals surface area contributed by atoms with E-state index in [1.807, 2.05) is 6.92 Å². The van der Waals surface area contributed by atoms with Gasteiger partial charge in [0.25, 0.3) is 0 Å². The number of hydrogen-bond donors (Lipinski definition) is 2. The first-order valence-electron chi connectivity index (χ1n) is 6.92. The minimum Gasteiger partial charge on any atom is -0.481 e. The molecule has 2 amide bonds. The Bertz CT molecular complexity index is 303. The highest BCUT2D eigenvalue weighted by atomic mass is 16.5. The molecular weight excluding hydrogens is 248 g/mol. The molecule has 6 nitrogen and oxygen atoms in total. The Morgan fingerprint density at radius 1 is 1.53 bits per heavy atom. The van der Waals surface area contributed by atoms with Gasteiger partial charge in [-0.2, -0.15) is 0 Å². The van der Waals surface area contributed by atoms with Crippen LogP contribution in [0, 0.1) is 0 Å². The van der Waals surface area contributed by atoms with E-state index in [0.29, 0.717) is 13.1 Å². The molecule has 0 radical (unpaired) electrons. The topological polar surface area (TPSA) is 78.9 Å². The summed E-state index contributed by atoms with van der Waals surface area (Å²) in [5.74, 6) is -0.891. The maximum absolute atomic E-state index is 12.0. The number of nitrogens with one attached hydrogen (secondary N) is 1. The number of hydrogen-bond acceptors (Lipinski definition) is 3. The molecule has 0 bridgehead atoms. The fourth-order valence-electron chi connectivity index (χ4n) is 2.33. The van der Waals surface area contributed by atoms with Gasteiger partial charge in [0, 0.05) is 25.7 Å². The Morgan fingerprint density at radius 3 is 2.79 bits per heavy atom. The van der Waals surface area contributed by atoms with E-state index >= 15 is 0 Å². The molecule has 0 spiro atoms. The Hall–Kier alpha value is -1.30. The van der Waals surface area contributed by atoms with Crippen LogP contribution in [0.4, 0.5) is 4.79 Å². The van der Waals surface area contributed by atoms with Crippen molar-refractivity contribution < 1.29 is 19.4 Å². The Labute approximate surface area is 114 Å². The van der Waals surface area contributed by atoms with Gasteiger partial charge in [0.05, 0.1) is 12.5 Å². The molecule has 19 heavy (non-hydrogen) atoms. The van der Waals surface area contributed by atoms with Crippen molar-refractivity contribution in [3.05, 3.63) is 0 Å². The van der Waals surface area contributed by atoms with Gasteiger partial charge in [-0.3, -0.25) is 4.79 Å². The first-order chi connectivity index (χ1) is 9.04. The van der Waals surface area contributed by atoms with Gasteiger partial charge in [-0.05, 0) is 33.1 Å². The predicted molar refractivity (Wildman–Crippen MR) is 71.1 cm³/mol. The molecule has 2 N–H and O–H groups in total. The zero-order valence-electron chi connectivity index (χ0n) is 11.7. The number of urea groups is 1. The molecule has 0 aromatic carbocycles. The lowest BCUT2D eigenvalue weighted by Gasteiger charge is -2.27. The lowest BCUT2D eigenvalue weighted by atomic mass is 10.2. The largest absolute Gasteiger partial charge is 0.481 e. The summed E-state index contributed by atoms with van der Waals surface area (Å²) in [4.78, 5) is 24.2. The number of carbonyl (C=O) groups is 2. The van der Waals surface area contributed by atoms with Gasteiger partial charge < -0.3 is 20.1 Å². The van der Waals surface area contributed by atoms with Gasteiger partial charge in [-0.25, -0.2) is 4.79 Å². The van der Waals surface area contributed by atoms with E-state index in [4.69, 9.17) is 9.84 Å². The molecule has 0 aromatic heterocycles. The molecule has 110 valence electrons. The van der Waals surface area contributed by atoms with Crippen molar-refractivity contribution in [2.24, 2.45) is 0 Å². The van der Waals surface area contributed by atoms with Crippen LogP contribution >= 0.6 is 0 Å². The molecule has 1 aliphatic rings. The Balaban J connectivity index is 2.29. The summed E-state index contributed by atoms with van der Waals surface area (Å²) in [7, 11) is 0. The fraction of sp³-hybridized carbons (Fsp3) is 0.846. The molecule has 1 rings (SSSR count). The number of rotatable bonds is 7. The quantitative estimate of drug-likeness (QED) is 0.735. The third kappa shape index (κ3) is 5.46. The highest BCUT2D eigenvalue weighted by Crippen LogP contribution is 2.14. The van der Waals surface area contributed by atoms with Crippen LogP contribution in [-0.4, -0.2) is 53.8 Å². The summed E-state index contributed by atoms with van der Waals surface area (Å²) >= 11 is 0. The lowest BCUT2D eigenvalue weighted by Crippen LogP contribution is -2.46. The smallest absolute Gasteiger partial charge is 0.317 e. The fourth-order valence-corrected chi connectivity index (χ4v) is 2.33. The normalized spacial score (nSPS) is 20.0. The van der Waals surface area contributed by atoms with Crippen LogP contribution in [0.5, 0.6) is 0 Å². The molecule has 1 aliphatic heterocycles. The second-order valence-corrected chi connectivity index (χ2v) is 4.89. The minimum absolute atomic E-state index is 0.0347. The highest BCUT2D eigenvalue weighted by molar-refractivity contribution is 5.75. The predicted octanol–water partition coefficient (Wildman–Crippen LogP) is 1.45. The Kier molecular flexibility index (Phi) is 6.62. The second-order valence-electron chi connectivity index (χ2n) is 4.89. The van der Waals surface area contributed by atoms with Gasteiger partial charge in [0.15, 0.2) is 0 Å². The van der Waals surface area contributed by atoms with E-state index in [1.165, 1.54) is 0 Å². The van der Waals surface area contributed by atoms with E-state index in [9.17, 15) is 9.59 Å². The van der Waals surface area contributed by atoms with Crippen molar-refractivity contribution in [2.75, 3.05) is 19.7 Å². The lowest BCUT2D eigenvalue weighted by molar-refractivity contribution is -0.138. The van der Waals surface area contributed by atoms with Crippen molar-refractivity contribution in [1.29, 1.82) is 0 Å². The first kappa shape index (κ1) is 15.8. The zero-order chi connectivity index (χ0) is 14.3. The number of carbonyl (C=O) groups excluding carboxylic acids is 1. The van der Waals surface area contributed by atoms with Gasteiger partial charge >= 0.3 is 12.0 Å². The van der Waals surface area contributed by atoms with Crippen LogP contribution in [0.25, 0.3) is 0 Å². The van der Waals surface area contributed by atoms with Crippen LogP contribution in [0.2, 0.25) is 0 Å². The monoisotopic (exact) mass is 272 g/mol. The van der Waals surface area contributed by atoms with Gasteiger partial charge in [0.2, 0.25) is 0 Å². The molecule has 0 aliphatic carbocycles. The summed E-state index contributed by atoms with van der Waals surface area (Å²) < 4.78 is 5.48. The zero-order valence-corrected chi connectivity index (χ0v) is 11.7. The molecule has 6 heteroatoms. The van der Waals surface area contributed by atoms with Crippen LogP contribution in [-0.2, 0) is 9.53 Å². The first-order valence-corrected chi connectivity index (χ1v) is 6.92. The van der Waals surface area contributed by atoms with Crippen LogP contribution < -0.4 is 5.32 Å². The van der Waals surface area contributed by atoms with Gasteiger partial charge in [-0.15, -0.1) is 0 Å². The standard InChI is InChI=1S/C13H24N2O4/c1-3-15(10(2)9-12(16)17)13(18)14-7-6-11-5-4-8-19-11/h10-11H,3-9H2,1-2H3,(H,14,18)(H,16,17). The summed E-state index contributed by atoms with van der Waals surface area (Å²) in [6, 6.07) is -0.500. The third-order valence-electron chi connectivity index (χ3n) is 3.37. The van der Waals surface area contributed by atoms with Gasteiger partial charge in [0.1, 0.15) is 0 Å².